The topological polar surface area (TPSA) is 53.7 Å². The second-order valence-electron chi connectivity index (χ2n) is 6.56. The molecule has 0 bridgehead atoms. The Morgan fingerprint density at radius 1 is 1.19 bits per heavy atom. The van der Waals surface area contributed by atoms with Crippen LogP contribution in [-0.4, -0.2) is 29.6 Å². The number of carboxylic acids is 1. The molecule has 0 saturated heterocycles. The molecule has 0 radical (unpaired) electrons. The Bertz CT molecular complexity index is 1020. The van der Waals surface area contributed by atoms with Gasteiger partial charge in [0.15, 0.2) is 0 Å². The van der Waals surface area contributed by atoms with Crippen LogP contribution in [0.5, 0.6) is 0 Å². The highest BCUT2D eigenvalue weighted by Crippen LogP contribution is 2.37. The molecule has 1 aromatic heterocycles. The van der Waals surface area contributed by atoms with E-state index >= 15 is 0 Å². The van der Waals surface area contributed by atoms with Gasteiger partial charge in [-0.25, -0.2) is 4.79 Å². The van der Waals surface area contributed by atoms with Crippen LogP contribution in [0.3, 0.4) is 0 Å². The summed E-state index contributed by atoms with van der Waals surface area (Å²) in [6.45, 7) is 1.58. The molecule has 2 heterocycles. The van der Waals surface area contributed by atoms with Gasteiger partial charge in [-0.3, -0.25) is 0 Å². The first kappa shape index (κ1) is 16.9. The molecule has 0 atom stereocenters. The molecule has 0 unspecified atom stereocenters. The highest BCUT2D eigenvalue weighted by Gasteiger charge is 2.23. The number of halogens is 1. The number of carboxylic acid groups (broad SMARTS) is 1. The van der Waals surface area contributed by atoms with Gasteiger partial charge in [0.2, 0.25) is 0 Å². The van der Waals surface area contributed by atoms with Crippen LogP contribution in [0.25, 0.3) is 22.6 Å². The quantitative estimate of drug-likeness (QED) is 0.682. The molecule has 0 spiro atoms. The molecule has 0 fully saturated rings. The van der Waals surface area contributed by atoms with Crippen LogP contribution in [-0.2, 0) is 17.8 Å². The van der Waals surface area contributed by atoms with E-state index in [9.17, 15) is 9.90 Å². The van der Waals surface area contributed by atoms with Gasteiger partial charge in [-0.2, -0.15) is 0 Å². The molecule has 2 aromatic carbocycles. The Kier molecular flexibility index (Phi) is 4.31. The fourth-order valence-electron chi connectivity index (χ4n) is 3.51. The van der Waals surface area contributed by atoms with Crippen molar-refractivity contribution in [3.8, 4) is 0 Å². The first-order chi connectivity index (χ1) is 12.5. The predicted molar refractivity (Wildman–Crippen MR) is 103 cm³/mol. The summed E-state index contributed by atoms with van der Waals surface area (Å²) in [4.78, 5) is 14.0. The van der Waals surface area contributed by atoms with Crippen molar-refractivity contribution in [1.82, 2.24) is 4.90 Å². The number of carbonyl (C=O) groups is 1. The monoisotopic (exact) mass is 367 g/mol. The van der Waals surface area contributed by atoms with Crippen molar-refractivity contribution in [3.63, 3.8) is 0 Å². The van der Waals surface area contributed by atoms with Crippen molar-refractivity contribution in [3.05, 3.63) is 69.9 Å². The highest BCUT2D eigenvalue weighted by atomic mass is 35.5. The fourth-order valence-corrected chi connectivity index (χ4v) is 3.76. The summed E-state index contributed by atoms with van der Waals surface area (Å²) < 4.78 is 6.05. The molecule has 132 valence electrons. The summed E-state index contributed by atoms with van der Waals surface area (Å²) >= 11 is 6.42. The molecule has 3 aromatic rings. The maximum absolute atomic E-state index is 11.8. The lowest BCUT2D eigenvalue weighted by atomic mass is 10.0. The molecule has 5 heteroatoms. The van der Waals surface area contributed by atoms with Crippen molar-refractivity contribution in [2.24, 2.45) is 0 Å². The first-order valence-corrected chi connectivity index (χ1v) is 8.84. The predicted octanol–water partition coefficient (Wildman–Crippen LogP) is 4.70. The van der Waals surface area contributed by atoms with Gasteiger partial charge in [0.05, 0.1) is 5.57 Å². The van der Waals surface area contributed by atoms with Crippen LogP contribution in [0.4, 0.5) is 0 Å². The van der Waals surface area contributed by atoms with Crippen LogP contribution in [0, 0.1) is 0 Å². The van der Waals surface area contributed by atoms with Crippen LogP contribution in [0.1, 0.15) is 22.5 Å². The van der Waals surface area contributed by atoms with Crippen LogP contribution < -0.4 is 0 Å². The van der Waals surface area contributed by atoms with Gasteiger partial charge in [0, 0.05) is 29.1 Å². The molecule has 4 rings (SSSR count). The van der Waals surface area contributed by atoms with Crippen molar-refractivity contribution >= 4 is 40.2 Å². The Labute approximate surface area is 156 Å². The lowest BCUT2D eigenvalue weighted by Gasteiger charge is -2.13. The van der Waals surface area contributed by atoms with Gasteiger partial charge >= 0.3 is 5.97 Å². The number of benzene rings is 2. The SMILES string of the molecule is CN1CCc2c(Cl)ccc3oc(C=C(C(=O)O)c4ccccc4)c(c23)C1. The molecule has 0 aliphatic carbocycles. The minimum Gasteiger partial charge on any atom is -0.478 e. The third kappa shape index (κ3) is 2.91. The van der Waals surface area contributed by atoms with Gasteiger partial charge in [-0.15, -0.1) is 0 Å². The summed E-state index contributed by atoms with van der Waals surface area (Å²) in [6.07, 6.45) is 2.47. The van der Waals surface area contributed by atoms with Crippen LogP contribution in [0.15, 0.2) is 46.9 Å². The number of nitrogens with zero attached hydrogens (tertiary/aromatic N) is 1. The number of rotatable bonds is 3. The van der Waals surface area contributed by atoms with E-state index in [2.05, 4.69) is 4.90 Å². The number of likely N-dealkylation sites (N-methyl/N-ethyl adjacent to an activating group) is 1. The molecule has 0 saturated carbocycles. The van der Waals surface area contributed by atoms with E-state index in [0.29, 0.717) is 17.9 Å². The zero-order chi connectivity index (χ0) is 18.3. The maximum Gasteiger partial charge on any atom is 0.336 e. The van der Waals surface area contributed by atoms with E-state index in [1.165, 1.54) is 0 Å². The Morgan fingerprint density at radius 2 is 1.96 bits per heavy atom. The minimum atomic E-state index is -0.982. The van der Waals surface area contributed by atoms with Gasteiger partial charge in [-0.05, 0) is 42.8 Å². The molecule has 1 N–H and O–H groups in total. The summed E-state index contributed by atoms with van der Waals surface area (Å²) in [5.41, 5.74) is 3.67. The Hall–Kier alpha value is -2.56. The molecule has 1 aliphatic heterocycles. The first-order valence-electron chi connectivity index (χ1n) is 8.46. The zero-order valence-electron chi connectivity index (χ0n) is 14.3. The molecule has 0 amide bonds. The maximum atomic E-state index is 11.8. The van der Waals surface area contributed by atoms with Crippen molar-refractivity contribution in [1.29, 1.82) is 0 Å². The van der Waals surface area contributed by atoms with Crippen LogP contribution in [0.2, 0.25) is 5.02 Å². The van der Waals surface area contributed by atoms with E-state index in [1.54, 1.807) is 18.2 Å². The van der Waals surface area contributed by atoms with Crippen molar-refractivity contribution in [2.75, 3.05) is 13.6 Å². The second kappa shape index (κ2) is 6.63. The third-order valence-corrected chi connectivity index (χ3v) is 5.15. The number of aliphatic carboxylic acids is 1. The lowest BCUT2D eigenvalue weighted by molar-refractivity contribution is -0.130. The zero-order valence-corrected chi connectivity index (χ0v) is 15.1. The largest absolute Gasteiger partial charge is 0.478 e. The third-order valence-electron chi connectivity index (χ3n) is 4.80. The van der Waals surface area contributed by atoms with E-state index in [1.807, 2.05) is 37.4 Å². The van der Waals surface area contributed by atoms with E-state index < -0.39 is 5.97 Å². The number of hydrogen-bond donors (Lipinski definition) is 1. The van der Waals surface area contributed by atoms with Gasteiger partial charge < -0.3 is 14.4 Å². The summed E-state index contributed by atoms with van der Waals surface area (Å²) in [5, 5.41) is 11.5. The summed E-state index contributed by atoms with van der Waals surface area (Å²) in [5.74, 6) is -0.400. The number of furan rings is 1. The summed E-state index contributed by atoms with van der Waals surface area (Å²) in [7, 11) is 2.04. The summed E-state index contributed by atoms with van der Waals surface area (Å²) in [6, 6.07) is 12.8. The average molecular weight is 368 g/mol. The Morgan fingerprint density at radius 3 is 2.69 bits per heavy atom. The molecule has 1 aliphatic rings. The van der Waals surface area contributed by atoms with E-state index in [0.717, 1.165) is 40.1 Å². The molecular formula is C21H18ClNO3. The average Bonchev–Trinajstić information content (AvgIpc) is 2.85. The van der Waals surface area contributed by atoms with E-state index in [4.69, 9.17) is 16.0 Å². The van der Waals surface area contributed by atoms with Gasteiger partial charge in [0.25, 0.3) is 0 Å². The smallest absolute Gasteiger partial charge is 0.336 e. The number of hydrogen-bond acceptors (Lipinski definition) is 3. The highest BCUT2D eigenvalue weighted by molar-refractivity contribution is 6.32. The van der Waals surface area contributed by atoms with Gasteiger partial charge in [0.1, 0.15) is 11.3 Å². The second-order valence-corrected chi connectivity index (χ2v) is 6.97. The molecule has 26 heavy (non-hydrogen) atoms. The molecular weight excluding hydrogens is 350 g/mol. The van der Waals surface area contributed by atoms with Crippen LogP contribution >= 0.6 is 11.6 Å². The Balaban J connectivity index is 1.95. The van der Waals surface area contributed by atoms with Gasteiger partial charge in [-0.1, -0.05) is 41.9 Å². The lowest BCUT2D eigenvalue weighted by Crippen LogP contribution is -2.18. The normalized spacial score (nSPS) is 15.2. The minimum absolute atomic E-state index is 0.209. The van der Waals surface area contributed by atoms with E-state index in [-0.39, 0.29) is 5.57 Å². The molecule has 4 nitrogen and oxygen atoms in total. The standard InChI is InChI=1S/C21H18ClNO3/c1-23-10-9-14-17(22)7-8-18-20(14)16(12-23)19(26-18)11-15(21(24)25)13-5-3-2-4-6-13/h2-8,11H,9-10,12H2,1H3,(H,24,25). The van der Waals surface area contributed by atoms with Crippen molar-refractivity contribution in [2.45, 2.75) is 13.0 Å². The van der Waals surface area contributed by atoms with Crippen molar-refractivity contribution < 1.29 is 14.3 Å². The fraction of sp³-hybridized carbons (Fsp3) is 0.190.